The van der Waals surface area contributed by atoms with Crippen molar-refractivity contribution < 1.29 is 14.3 Å². The van der Waals surface area contributed by atoms with Crippen molar-refractivity contribution in [2.24, 2.45) is 23.2 Å². The van der Waals surface area contributed by atoms with Gasteiger partial charge in [-0.25, -0.2) is 0 Å². The Morgan fingerprint density at radius 1 is 1.19 bits per heavy atom. The van der Waals surface area contributed by atoms with Gasteiger partial charge in [0.15, 0.2) is 0 Å². The third-order valence-corrected chi connectivity index (χ3v) is 8.95. The van der Waals surface area contributed by atoms with Crippen LogP contribution in [0.4, 0.5) is 0 Å². The number of amides is 1. The Kier molecular flexibility index (Phi) is 5.60. The van der Waals surface area contributed by atoms with Gasteiger partial charge in [-0.3, -0.25) is 9.59 Å². The van der Waals surface area contributed by atoms with E-state index < -0.39 is 0 Å². The number of aryl methyl sites for hydroxylation is 1. The lowest BCUT2D eigenvalue weighted by molar-refractivity contribution is -0.129. The van der Waals surface area contributed by atoms with Gasteiger partial charge in [0.1, 0.15) is 11.5 Å². The van der Waals surface area contributed by atoms with Crippen LogP contribution in [0.3, 0.4) is 0 Å². The average Bonchev–Trinajstić information content (AvgIpc) is 3.54. The fraction of sp³-hybridized carbons (Fsp3) is 0.704. The maximum absolute atomic E-state index is 13.1. The molecule has 4 heteroatoms. The predicted molar refractivity (Wildman–Crippen MR) is 121 cm³/mol. The topological polar surface area (TPSA) is 55.4 Å². The van der Waals surface area contributed by atoms with Crippen LogP contribution in [0.25, 0.3) is 0 Å². The Labute approximate surface area is 186 Å². The molecule has 5 atom stereocenters. The van der Waals surface area contributed by atoms with Crippen LogP contribution in [-0.2, 0) is 16.0 Å². The molecule has 168 valence electrons. The van der Waals surface area contributed by atoms with Crippen LogP contribution in [0.2, 0.25) is 0 Å². The zero-order valence-corrected chi connectivity index (χ0v) is 19.1. The van der Waals surface area contributed by atoms with E-state index in [1.54, 1.807) is 7.11 Å². The molecule has 0 bridgehead atoms. The highest BCUT2D eigenvalue weighted by atomic mass is 16.5. The van der Waals surface area contributed by atoms with E-state index in [1.807, 2.05) is 0 Å². The number of benzene rings is 1. The molecule has 0 unspecified atom stereocenters. The number of rotatable bonds is 7. The summed E-state index contributed by atoms with van der Waals surface area (Å²) in [6, 6.07) is 7.08. The smallest absolute Gasteiger partial charge is 0.220 e. The Bertz CT molecular complexity index is 860. The maximum Gasteiger partial charge on any atom is 0.220 e. The molecule has 3 saturated carbocycles. The van der Waals surface area contributed by atoms with Crippen molar-refractivity contribution in [3.05, 3.63) is 29.3 Å². The Hall–Kier alpha value is -1.84. The van der Waals surface area contributed by atoms with Gasteiger partial charge in [0.05, 0.1) is 7.11 Å². The van der Waals surface area contributed by atoms with E-state index in [9.17, 15) is 9.59 Å². The van der Waals surface area contributed by atoms with Crippen LogP contribution in [-0.4, -0.2) is 24.8 Å². The van der Waals surface area contributed by atoms with E-state index in [2.05, 4.69) is 30.4 Å². The second-order valence-electron chi connectivity index (χ2n) is 10.8. The molecule has 5 rings (SSSR count). The predicted octanol–water partition coefficient (Wildman–Crippen LogP) is 5.19. The zero-order valence-electron chi connectivity index (χ0n) is 19.1. The molecule has 0 spiro atoms. The summed E-state index contributed by atoms with van der Waals surface area (Å²) in [7, 11) is 1.74. The van der Waals surface area contributed by atoms with Gasteiger partial charge >= 0.3 is 0 Å². The molecule has 4 aliphatic rings. The Balaban J connectivity index is 1.27. The van der Waals surface area contributed by atoms with Crippen molar-refractivity contribution in [3.8, 4) is 5.75 Å². The van der Waals surface area contributed by atoms with Crippen molar-refractivity contribution in [1.82, 2.24) is 5.32 Å². The summed E-state index contributed by atoms with van der Waals surface area (Å²) in [5.74, 6) is 3.89. The Morgan fingerprint density at radius 2 is 2.03 bits per heavy atom. The molecule has 4 aliphatic carbocycles. The van der Waals surface area contributed by atoms with Crippen molar-refractivity contribution in [2.45, 2.75) is 89.5 Å². The fourth-order valence-corrected chi connectivity index (χ4v) is 7.23. The van der Waals surface area contributed by atoms with E-state index in [1.165, 1.54) is 17.5 Å². The van der Waals surface area contributed by atoms with Crippen LogP contribution in [0.5, 0.6) is 5.75 Å². The van der Waals surface area contributed by atoms with Gasteiger partial charge in [-0.05, 0) is 98.3 Å². The molecular weight excluding hydrogens is 386 g/mol. The molecule has 0 radical (unpaired) electrons. The number of carbonyl (C=O) groups is 2. The van der Waals surface area contributed by atoms with E-state index >= 15 is 0 Å². The third-order valence-electron chi connectivity index (χ3n) is 8.95. The number of carbonyl (C=O) groups excluding carboxylic acids is 2. The Morgan fingerprint density at radius 3 is 2.81 bits per heavy atom. The number of ketones is 1. The second kappa shape index (κ2) is 8.26. The van der Waals surface area contributed by atoms with E-state index in [0.29, 0.717) is 41.9 Å². The summed E-state index contributed by atoms with van der Waals surface area (Å²) in [5.41, 5.74) is 2.83. The normalized spacial score (nSPS) is 33.9. The molecule has 0 saturated heterocycles. The second-order valence-corrected chi connectivity index (χ2v) is 10.8. The van der Waals surface area contributed by atoms with Crippen LogP contribution in [0, 0.1) is 23.2 Å². The largest absolute Gasteiger partial charge is 0.497 e. The molecule has 1 aromatic carbocycles. The molecule has 3 fully saturated rings. The quantitative estimate of drug-likeness (QED) is 0.615. The first-order valence-corrected chi connectivity index (χ1v) is 12.5. The van der Waals surface area contributed by atoms with Crippen LogP contribution in [0.1, 0.15) is 88.2 Å². The first-order chi connectivity index (χ1) is 15.0. The molecule has 0 aromatic heterocycles. The number of hydrogen-bond acceptors (Lipinski definition) is 3. The first-order valence-electron chi connectivity index (χ1n) is 12.5. The lowest BCUT2D eigenvalue weighted by Crippen LogP contribution is -2.44. The zero-order chi connectivity index (χ0) is 21.6. The number of methoxy groups -OCH3 is 1. The third kappa shape index (κ3) is 3.91. The van der Waals surface area contributed by atoms with Gasteiger partial charge in [-0.1, -0.05) is 19.4 Å². The lowest BCUT2D eigenvalue weighted by Gasteiger charge is -2.50. The van der Waals surface area contributed by atoms with Crippen molar-refractivity contribution in [1.29, 1.82) is 0 Å². The lowest BCUT2D eigenvalue weighted by atomic mass is 9.54. The molecule has 4 nitrogen and oxygen atoms in total. The number of ether oxygens (including phenoxy) is 1. The number of hydrogen-bond donors (Lipinski definition) is 1. The molecule has 1 N–H and O–H groups in total. The summed E-state index contributed by atoms with van der Waals surface area (Å²) in [6.45, 7) is 2.27. The van der Waals surface area contributed by atoms with Crippen LogP contribution in [0.15, 0.2) is 18.2 Å². The molecular formula is C27H37NO3. The number of Topliss-reactive ketones (excluding diaryl/α,β-unsaturated/α-hetero) is 1. The molecule has 1 aromatic rings. The van der Waals surface area contributed by atoms with Gasteiger partial charge in [-0.2, -0.15) is 0 Å². The summed E-state index contributed by atoms with van der Waals surface area (Å²) >= 11 is 0. The monoisotopic (exact) mass is 423 g/mol. The minimum absolute atomic E-state index is 0.126. The van der Waals surface area contributed by atoms with Crippen molar-refractivity contribution >= 4 is 11.7 Å². The van der Waals surface area contributed by atoms with E-state index in [4.69, 9.17) is 4.74 Å². The number of fused-ring (bicyclic) bond motifs is 5. The minimum Gasteiger partial charge on any atom is -0.497 e. The summed E-state index contributed by atoms with van der Waals surface area (Å²) in [4.78, 5) is 25.1. The van der Waals surface area contributed by atoms with Gasteiger partial charge in [0.25, 0.3) is 0 Å². The summed E-state index contributed by atoms with van der Waals surface area (Å²) < 4.78 is 5.46. The minimum atomic E-state index is -0.126. The maximum atomic E-state index is 13.1. The van der Waals surface area contributed by atoms with Gasteiger partial charge in [0, 0.05) is 24.3 Å². The van der Waals surface area contributed by atoms with Gasteiger partial charge in [0.2, 0.25) is 5.91 Å². The average molecular weight is 424 g/mol. The van der Waals surface area contributed by atoms with Crippen molar-refractivity contribution in [2.75, 3.05) is 7.11 Å². The highest BCUT2D eigenvalue weighted by molar-refractivity contribution is 5.87. The number of unbranched alkanes of at least 4 members (excludes halogenated alkanes) is 1. The SMILES string of the molecule is COc1ccc2c(c1)CC[C@H]1[C@@H]3[C@H](CCCCC(=O)NC4CC4)CC(=O)[C@@]3(C)CC[C@H]21. The summed E-state index contributed by atoms with van der Waals surface area (Å²) in [5, 5.41) is 3.09. The highest BCUT2D eigenvalue weighted by Crippen LogP contribution is 2.62. The standard InChI is InChI=1S/C27H37NO3/c1-27-14-13-22-21-12-10-20(31-2)15-17(21)7-11-23(22)26(27)18(16-24(27)29)5-3-4-6-25(30)28-19-8-9-19/h10,12,15,18-19,22-23,26H,3-9,11,13-14,16H2,1-2H3,(H,28,30)/t18-,22-,23-,26+,27-/m1/s1. The molecule has 31 heavy (non-hydrogen) atoms. The van der Waals surface area contributed by atoms with Crippen LogP contribution >= 0.6 is 0 Å². The van der Waals surface area contributed by atoms with Gasteiger partial charge in [-0.15, -0.1) is 0 Å². The molecule has 0 heterocycles. The highest BCUT2D eigenvalue weighted by Gasteiger charge is 2.58. The summed E-state index contributed by atoms with van der Waals surface area (Å²) in [6.07, 6.45) is 11.3. The number of nitrogens with one attached hydrogen (secondary N) is 1. The van der Waals surface area contributed by atoms with Gasteiger partial charge < -0.3 is 10.1 Å². The first kappa shape index (κ1) is 21.0. The van der Waals surface area contributed by atoms with E-state index in [0.717, 1.165) is 63.5 Å². The molecule has 1 amide bonds. The van der Waals surface area contributed by atoms with Crippen LogP contribution < -0.4 is 10.1 Å². The van der Waals surface area contributed by atoms with E-state index in [-0.39, 0.29) is 11.3 Å². The fourth-order valence-electron chi connectivity index (χ4n) is 7.23. The molecule has 0 aliphatic heterocycles. The van der Waals surface area contributed by atoms with Crippen molar-refractivity contribution in [3.63, 3.8) is 0 Å².